The minimum atomic E-state index is 0.307. The first-order valence-corrected chi connectivity index (χ1v) is 6.16. The van der Waals surface area contributed by atoms with Crippen molar-refractivity contribution in [3.8, 4) is 0 Å². The van der Waals surface area contributed by atoms with E-state index >= 15 is 0 Å². The van der Waals surface area contributed by atoms with Gasteiger partial charge in [0.05, 0.1) is 6.61 Å². The second kappa shape index (κ2) is 6.41. The van der Waals surface area contributed by atoms with E-state index in [4.69, 9.17) is 5.11 Å². The number of aliphatic hydroxyl groups is 1. The molecule has 0 heterocycles. The monoisotopic (exact) mass is 199 g/mol. The molecule has 1 saturated carbocycles. The highest BCUT2D eigenvalue weighted by Crippen LogP contribution is 2.29. The van der Waals surface area contributed by atoms with E-state index in [1.807, 2.05) is 0 Å². The summed E-state index contributed by atoms with van der Waals surface area (Å²) in [5.74, 6) is 0.971. The Balaban J connectivity index is 2.31. The summed E-state index contributed by atoms with van der Waals surface area (Å²) in [7, 11) is 0. The molecule has 84 valence electrons. The lowest BCUT2D eigenvalue weighted by molar-refractivity contribution is 0.115. The quantitative estimate of drug-likeness (QED) is 0.734. The summed E-state index contributed by atoms with van der Waals surface area (Å²) in [5.41, 5.74) is 0. The van der Waals surface area contributed by atoms with Crippen LogP contribution in [0.1, 0.15) is 46.0 Å². The van der Waals surface area contributed by atoms with Crippen molar-refractivity contribution in [2.24, 2.45) is 5.92 Å². The summed E-state index contributed by atoms with van der Waals surface area (Å²) >= 11 is 0. The first-order valence-electron chi connectivity index (χ1n) is 6.16. The third kappa shape index (κ3) is 3.25. The third-order valence-corrected chi connectivity index (χ3v) is 3.70. The van der Waals surface area contributed by atoms with E-state index in [0.717, 1.165) is 25.0 Å². The zero-order valence-electron chi connectivity index (χ0n) is 9.71. The number of rotatable bonds is 5. The fourth-order valence-corrected chi connectivity index (χ4v) is 2.65. The fraction of sp³-hybridized carbons (Fsp3) is 1.00. The lowest BCUT2D eigenvalue weighted by Gasteiger charge is -2.35. The van der Waals surface area contributed by atoms with E-state index in [0.29, 0.717) is 6.61 Å². The second-order valence-corrected chi connectivity index (χ2v) is 4.43. The fourth-order valence-electron chi connectivity index (χ4n) is 2.65. The molecule has 1 aliphatic rings. The molecule has 0 radical (unpaired) electrons. The number of nitrogens with zero attached hydrogens (tertiary/aromatic N) is 1. The van der Waals surface area contributed by atoms with Crippen LogP contribution in [0.2, 0.25) is 0 Å². The Morgan fingerprint density at radius 3 is 2.21 bits per heavy atom. The van der Waals surface area contributed by atoms with Crippen molar-refractivity contribution < 1.29 is 5.11 Å². The zero-order chi connectivity index (χ0) is 10.4. The van der Waals surface area contributed by atoms with E-state index in [1.54, 1.807) is 0 Å². The van der Waals surface area contributed by atoms with Gasteiger partial charge in [0.25, 0.3) is 0 Å². The van der Waals surface area contributed by atoms with Gasteiger partial charge in [-0.25, -0.2) is 0 Å². The lowest BCUT2D eigenvalue weighted by atomic mass is 9.84. The molecule has 1 fully saturated rings. The summed E-state index contributed by atoms with van der Waals surface area (Å²) in [6, 6.07) is 0.745. The summed E-state index contributed by atoms with van der Waals surface area (Å²) in [5, 5.41) is 8.95. The van der Waals surface area contributed by atoms with Gasteiger partial charge in [0.1, 0.15) is 0 Å². The molecule has 1 aliphatic carbocycles. The highest BCUT2D eigenvalue weighted by molar-refractivity contribution is 4.78. The molecule has 1 rings (SSSR count). The first-order chi connectivity index (χ1) is 6.81. The van der Waals surface area contributed by atoms with Crippen molar-refractivity contribution in [1.29, 1.82) is 0 Å². The van der Waals surface area contributed by atoms with E-state index in [2.05, 4.69) is 18.7 Å². The Morgan fingerprint density at radius 1 is 1.14 bits per heavy atom. The Hall–Kier alpha value is -0.0800. The van der Waals surface area contributed by atoms with Gasteiger partial charge in [0.15, 0.2) is 0 Å². The van der Waals surface area contributed by atoms with Crippen LogP contribution in [0.15, 0.2) is 0 Å². The highest BCUT2D eigenvalue weighted by atomic mass is 16.3. The van der Waals surface area contributed by atoms with E-state index in [1.165, 1.54) is 32.1 Å². The van der Waals surface area contributed by atoms with Gasteiger partial charge in [-0.2, -0.15) is 0 Å². The average molecular weight is 199 g/mol. The SMILES string of the molecule is CCC1CCC(N(CC)CCO)CC1. The molecule has 0 aromatic rings. The van der Waals surface area contributed by atoms with Gasteiger partial charge >= 0.3 is 0 Å². The molecule has 0 atom stereocenters. The van der Waals surface area contributed by atoms with Gasteiger partial charge in [0, 0.05) is 12.6 Å². The normalized spacial score (nSPS) is 28.3. The Bertz CT molecular complexity index is 141. The highest BCUT2D eigenvalue weighted by Gasteiger charge is 2.23. The second-order valence-electron chi connectivity index (χ2n) is 4.43. The van der Waals surface area contributed by atoms with Crippen LogP contribution in [-0.2, 0) is 0 Å². The molecule has 0 amide bonds. The van der Waals surface area contributed by atoms with Gasteiger partial charge in [-0.1, -0.05) is 20.3 Å². The molecule has 0 aromatic carbocycles. The molecule has 2 heteroatoms. The largest absolute Gasteiger partial charge is 0.395 e. The van der Waals surface area contributed by atoms with Crippen molar-refractivity contribution in [2.75, 3.05) is 19.7 Å². The minimum absolute atomic E-state index is 0.307. The summed E-state index contributed by atoms with van der Waals surface area (Å²) in [4.78, 5) is 2.44. The van der Waals surface area contributed by atoms with Crippen LogP contribution < -0.4 is 0 Å². The molecule has 2 nitrogen and oxygen atoms in total. The first kappa shape index (κ1) is 12.0. The lowest BCUT2D eigenvalue weighted by Crippen LogP contribution is -2.39. The average Bonchev–Trinajstić information content (AvgIpc) is 2.26. The van der Waals surface area contributed by atoms with Crippen LogP contribution >= 0.6 is 0 Å². The molecule has 0 bridgehead atoms. The number of aliphatic hydroxyl groups excluding tert-OH is 1. The molecule has 0 unspecified atom stereocenters. The topological polar surface area (TPSA) is 23.5 Å². The van der Waals surface area contributed by atoms with Gasteiger partial charge in [-0.15, -0.1) is 0 Å². The number of hydrogen-bond acceptors (Lipinski definition) is 2. The van der Waals surface area contributed by atoms with Gasteiger partial charge in [-0.3, -0.25) is 4.90 Å². The standard InChI is InChI=1S/C12H25NO/c1-3-11-5-7-12(8-6-11)13(4-2)9-10-14/h11-12,14H,3-10H2,1-2H3. The number of hydrogen-bond donors (Lipinski definition) is 1. The molecule has 0 saturated heterocycles. The smallest absolute Gasteiger partial charge is 0.0558 e. The Morgan fingerprint density at radius 2 is 1.79 bits per heavy atom. The van der Waals surface area contributed by atoms with E-state index < -0.39 is 0 Å². The molecule has 0 aliphatic heterocycles. The maximum Gasteiger partial charge on any atom is 0.0558 e. The minimum Gasteiger partial charge on any atom is -0.395 e. The summed E-state index contributed by atoms with van der Waals surface area (Å²) < 4.78 is 0. The molecule has 0 spiro atoms. The molecule has 0 aromatic heterocycles. The van der Waals surface area contributed by atoms with Crippen LogP contribution in [-0.4, -0.2) is 35.7 Å². The van der Waals surface area contributed by atoms with Crippen molar-refractivity contribution in [1.82, 2.24) is 4.90 Å². The van der Waals surface area contributed by atoms with Crippen LogP contribution in [0, 0.1) is 5.92 Å². The molecule has 1 N–H and O–H groups in total. The van der Waals surface area contributed by atoms with Gasteiger partial charge < -0.3 is 5.11 Å². The van der Waals surface area contributed by atoms with Crippen LogP contribution in [0.3, 0.4) is 0 Å². The van der Waals surface area contributed by atoms with Crippen LogP contribution in [0.5, 0.6) is 0 Å². The predicted octanol–water partition coefficient (Wildman–Crippen LogP) is 2.27. The predicted molar refractivity (Wildman–Crippen MR) is 60.4 cm³/mol. The molecular weight excluding hydrogens is 174 g/mol. The maximum absolute atomic E-state index is 8.95. The Labute approximate surface area is 88.3 Å². The van der Waals surface area contributed by atoms with E-state index in [-0.39, 0.29) is 0 Å². The van der Waals surface area contributed by atoms with Gasteiger partial charge in [-0.05, 0) is 38.1 Å². The maximum atomic E-state index is 8.95. The van der Waals surface area contributed by atoms with Crippen molar-refractivity contribution >= 4 is 0 Å². The van der Waals surface area contributed by atoms with Crippen molar-refractivity contribution in [2.45, 2.75) is 52.0 Å². The van der Waals surface area contributed by atoms with Crippen LogP contribution in [0.4, 0.5) is 0 Å². The molecular formula is C12H25NO. The van der Waals surface area contributed by atoms with Crippen molar-refractivity contribution in [3.05, 3.63) is 0 Å². The number of likely N-dealkylation sites (N-methyl/N-ethyl adjacent to an activating group) is 1. The molecule has 14 heavy (non-hydrogen) atoms. The summed E-state index contributed by atoms with van der Waals surface area (Å²) in [6.45, 7) is 6.75. The van der Waals surface area contributed by atoms with Crippen molar-refractivity contribution in [3.63, 3.8) is 0 Å². The summed E-state index contributed by atoms with van der Waals surface area (Å²) in [6.07, 6.45) is 6.81. The van der Waals surface area contributed by atoms with E-state index in [9.17, 15) is 0 Å². The zero-order valence-corrected chi connectivity index (χ0v) is 9.71. The Kier molecular flexibility index (Phi) is 5.49. The third-order valence-electron chi connectivity index (χ3n) is 3.70. The van der Waals surface area contributed by atoms with Gasteiger partial charge in [0.2, 0.25) is 0 Å². The van der Waals surface area contributed by atoms with Crippen LogP contribution in [0.25, 0.3) is 0 Å².